The summed E-state index contributed by atoms with van der Waals surface area (Å²) in [6.07, 6.45) is 0.103. The zero-order valence-corrected chi connectivity index (χ0v) is 20.1. The van der Waals surface area contributed by atoms with Crippen LogP contribution in [-0.4, -0.2) is 54.7 Å². The molecule has 0 radical (unpaired) electrons. The number of hydrogen-bond acceptors (Lipinski definition) is 7. The number of nitrogens with zero attached hydrogens (tertiary/aromatic N) is 1. The van der Waals surface area contributed by atoms with Gasteiger partial charge in [-0.1, -0.05) is 24.3 Å². The fraction of sp³-hybridized carbons (Fsp3) is 0.222. The quantitative estimate of drug-likeness (QED) is 0.495. The fourth-order valence-corrected chi connectivity index (χ4v) is 4.80. The van der Waals surface area contributed by atoms with Gasteiger partial charge < -0.3 is 14.8 Å². The summed E-state index contributed by atoms with van der Waals surface area (Å²) in [6, 6.07) is 12.5. The van der Waals surface area contributed by atoms with Crippen LogP contribution in [0.1, 0.15) is 49.5 Å². The lowest BCUT2D eigenvalue weighted by Crippen LogP contribution is -2.54. The van der Waals surface area contributed by atoms with Crippen molar-refractivity contribution in [3.05, 3.63) is 70.8 Å². The van der Waals surface area contributed by atoms with E-state index in [0.717, 1.165) is 10.3 Å². The largest absolute Gasteiger partial charge is 0.493 e. The van der Waals surface area contributed by atoms with Gasteiger partial charge in [-0.25, -0.2) is 0 Å². The Morgan fingerprint density at radius 3 is 2.46 bits per heavy atom. The number of rotatable bonds is 6. The van der Waals surface area contributed by atoms with Crippen LogP contribution in [-0.2, 0) is 16.1 Å². The summed E-state index contributed by atoms with van der Waals surface area (Å²) >= 11 is 0. The van der Waals surface area contributed by atoms with Crippen molar-refractivity contribution in [1.29, 1.82) is 0 Å². The molecule has 3 aromatic rings. The maximum absolute atomic E-state index is 13.3. The number of imide groups is 2. The standard InChI is InChI=1S/C27H23N3O7/c1-36-20-11-14-5-3-7-16(18(14)12-21(20)37-2)24(32)28-13-15-6-4-8-17-23(15)27(35)30(26(17)34)19-9-10-22(31)29-25(19)33/h3-8,11-12,19H,9-10,13H2,1-2H3,(H,28,32)(H,29,31,33). The number of carbonyl (C=O) groups excluding carboxylic acids is 5. The van der Waals surface area contributed by atoms with Gasteiger partial charge in [0.1, 0.15) is 6.04 Å². The Kier molecular flexibility index (Phi) is 6.08. The summed E-state index contributed by atoms with van der Waals surface area (Å²) in [5.74, 6) is -1.70. The van der Waals surface area contributed by atoms with E-state index in [0.29, 0.717) is 28.0 Å². The van der Waals surface area contributed by atoms with Crippen LogP contribution >= 0.6 is 0 Å². The number of ether oxygens (including phenoxy) is 2. The SMILES string of the molecule is COc1cc2cccc(C(=O)NCc3cccc4c3C(=O)N(C3CCC(=O)NC3=O)C4=O)c2cc1OC. The highest BCUT2D eigenvalue weighted by Gasteiger charge is 2.45. The van der Waals surface area contributed by atoms with E-state index in [-0.39, 0.29) is 36.4 Å². The molecule has 10 heteroatoms. The van der Waals surface area contributed by atoms with Gasteiger partial charge >= 0.3 is 0 Å². The van der Waals surface area contributed by atoms with Crippen LogP contribution in [0.3, 0.4) is 0 Å². The van der Waals surface area contributed by atoms with Crippen molar-refractivity contribution in [3.63, 3.8) is 0 Å². The molecule has 2 aliphatic heterocycles. The molecule has 2 aliphatic rings. The highest BCUT2D eigenvalue weighted by atomic mass is 16.5. The second kappa shape index (κ2) is 9.38. The molecule has 0 aliphatic carbocycles. The molecule has 2 heterocycles. The van der Waals surface area contributed by atoms with E-state index in [1.165, 1.54) is 20.3 Å². The molecule has 1 saturated heterocycles. The summed E-state index contributed by atoms with van der Waals surface area (Å²) < 4.78 is 10.7. The first kappa shape index (κ1) is 24.0. The summed E-state index contributed by atoms with van der Waals surface area (Å²) in [5.41, 5.74) is 1.14. The molecule has 5 rings (SSSR count). The zero-order valence-electron chi connectivity index (χ0n) is 20.1. The first-order valence-electron chi connectivity index (χ1n) is 11.6. The van der Waals surface area contributed by atoms with Crippen molar-refractivity contribution in [2.24, 2.45) is 0 Å². The smallest absolute Gasteiger partial charge is 0.262 e. The van der Waals surface area contributed by atoms with Gasteiger partial charge in [-0.3, -0.25) is 34.2 Å². The lowest BCUT2D eigenvalue weighted by molar-refractivity contribution is -0.136. The molecular formula is C27H23N3O7. The first-order chi connectivity index (χ1) is 17.8. The Hall–Kier alpha value is -4.73. The van der Waals surface area contributed by atoms with Gasteiger partial charge in [0.15, 0.2) is 11.5 Å². The molecule has 1 fully saturated rings. The van der Waals surface area contributed by atoms with Gasteiger partial charge in [-0.15, -0.1) is 0 Å². The zero-order chi connectivity index (χ0) is 26.3. The molecule has 0 aromatic heterocycles. The average molecular weight is 501 g/mol. The van der Waals surface area contributed by atoms with Crippen molar-refractivity contribution in [2.45, 2.75) is 25.4 Å². The monoisotopic (exact) mass is 501 g/mol. The Morgan fingerprint density at radius 2 is 1.73 bits per heavy atom. The molecular weight excluding hydrogens is 478 g/mol. The molecule has 0 bridgehead atoms. The van der Waals surface area contributed by atoms with Gasteiger partial charge in [0.2, 0.25) is 11.8 Å². The van der Waals surface area contributed by atoms with E-state index in [1.54, 1.807) is 36.4 Å². The molecule has 1 unspecified atom stereocenters. The molecule has 0 saturated carbocycles. The number of carbonyl (C=O) groups is 5. The van der Waals surface area contributed by atoms with Gasteiger partial charge in [-0.2, -0.15) is 0 Å². The van der Waals surface area contributed by atoms with Gasteiger partial charge in [-0.05, 0) is 47.0 Å². The Bertz CT molecular complexity index is 1500. The lowest BCUT2D eigenvalue weighted by atomic mass is 10.0. The Balaban J connectivity index is 1.41. The maximum Gasteiger partial charge on any atom is 0.262 e. The molecule has 5 amide bonds. The van der Waals surface area contributed by atoms with Crippen molar-refractivity contribution in [2.75, 3.05) is 14.2 Å². The van der Waals surface area contributed by atoms with Crippen LogP contribution in [0.25, 0.3) is 10.8 Å². The third kappa shape index (κ3) is 4.06. The summed E-state index contributed by atoms with van der Waals surface area (Å²) in [7, 11) is 3.05. The summed E-state index contributed by atoms with van der Waals surface area (Å²) in [5, 5.41) is 6.45. The van der Waals surface area contributed by atoms with Crippen LogP contribution in [0.5, 0.6) is 11.5 Å². The minimum atomic E-state index is -1.06. The lowest BCUT2D eigenvalue weighted by Gasteiger charge is -2.27. The van der Waals surface area contributed by atoms with Crippen LogP contribution < -0.4 is 20.1 Å². The molecule has 3 aromatic carbocycles. The number of piperidine rings is 1. The van der Waals surface area contributed by atoms with Crippen molar-refractivity contribution >= 4 is 40.3 Å². The molecule has 2 N–H and O–H groups in total. The van der Waals surface area contributed by atoms with Crippen LogP contribution in [0.4, 0.5) is 0 Å². The van der Waals surface area contributed by atoms with Crippen LogP contribution in [0.2, 0.25) is 0 Å². The van der Waals surface area contributed by atoms with E-state index in [9.17, 15) is 24.0 Å². The minimum absolute atomic E-state index is 0.0199. The predicted octanol–water partition coefficient (Wildman–Crippen LogP) is 2.19. The summed E-state index contributed by atoms with van der Waals surface area (Å²) in [4.78, 5) is 64.2. The van der Waals surface area contributed by atoms with E-state index < -0.39 is 29.7 Å². The number of amides is 5. The number of benzene rings is 3. The summed E-state index contributed by atoms with van der Waals surface area (Å²) in [6.45, 7) is -0.0199. The van der Waals surface area contributed by atoms with E-state index >= 15 is 0 Å². The van der Waals surface area contributed by atoms with E-state index in [4.69, 9.17) is 9.47 Å². The van der Waals surface area contributed by atoms with Crippen molar-refractivity contribution in [3.8, 4) is 11.5 Å². The molecule has 188 valence electrons. The van der Waals surface area contributed by atoms with Gasteiger partial charge in [0.25, 0.3) is 17.7 Å². The van der Waals surface area contributed by atoms with Crippen LogP contribution in [0.15, 0.2) is 48.5 Å². The first-order valence-corrected chi connectivity index (χ1v) is 11.6. The number of hydrogen-bond donors (Lipinski definition) is 2. The number of methoxy groups -OCH3 is 2. The normalized spacial score (nSPS) is 17.0. The minimum Gasteiger partial charge on any atom is -0.493 e. The van der Waals surface area contributed by atoms with Crippen molar-refractivity contribution < 1.29 is 33.4 Å². The highest BCUT2D eigenvalue weighted by Crippen LogP contribution is 2.34. The third-order valence-electron chi connectivity index (χ3n) is 6.62. The molecule has 0 spiro atoms. The molecule has 10 nitrogen and oxygen atoms in total. The Morgan fingerprint density at radius 1 is 1.00 bits per heavy atom. The fourth-order valence-electron chi connectivity index (χ4n) is 4.80. The van der Waals surface area contributed by atoms with Crippen LogP contribution in [0, 0.1) is 0 Å². The maximum atomic E-state index is 13.3. The van der Waals surface area contributed by atoms with Gasteiger partial charge in [0.05, 0.1) is 25.3 Å². The van der Waals surface area contributed by atoms with Gasteiger partial charge in [0, 0.05) is 18.5 Å². The Labute approximate surface area is 211 Å². The second-order valence-corrected chi connectivity index (χ2v) is 8.70. The topological polar surface area (TPSA) is 131 Å². The number of nitrogens with one attached hydrogen (secondary N) is 2. The third-order valence-corrected chi connectivity index (χ3v) is 6.62. The molecule has 37 heavy (non-hydrogen) atoms. The van der Waals surface area contributed by atoms with Crippen molar-refractivity contribution in [1.82, 2.24) is 15.5 Å². The number of fused-ring (bicyclic) bond motifs is 2. The van der Waals surface area contributed by atoms with E-state index in [1.807, 2.05) is 6.07 Å². The predicted molar refractivity (Wildman–Crippen MR) is 131 cm³/mol. The highest BCUT2D eigenvalue weighted by molar-refractivity contribution is 6.24. The molecule has 1 atom stereocenters. The second-order valence-electron chi connectivity index (χ2n) is 8.70. The van der Waals surface area contributed by atoms with E-state index in [2.05, 4.69) is 10.6 Å². The average Bonchev–Trinajstić information content (AvgIpc) is 3.16.